The van der Waals surface area contributed by atoms with E-state index in [1.807, 2.05) is 24.3 Å². The van der Waals surface area contributed by atoms with E-state index in [1.165, 1.54) is 0 Å². The van der Waals surface area contributed by atoms with Gasteiger partial charge in [0.2, 0.25) is 0 Å². The third-order valence-corrected chi connectivity index (χ3v) is 1.52. The van der Waals surface area contributed by atoms with Gasteiger partial charge in [-0.25, -0.2) is 0 Å². The standard InChI is InChI=1S/C9H13NO2/c1-11-9-4-2-3-8(5-9)6-12-7-10/h2-5H,6-7,10H2,1H3. The summed E-state index contributed by atoms with van der Waals surface area (Å²) in [4.78, 5) is 0. The average molecular weight is 167 g/mol. The minimum absolute atomic E-state index is 0.247. The maximum atomic E-state index is 5.19. The van der Waals surface area contributed by atoms with Gasteiger partial charge in [0.05, 0.1) is 20.4 Å². The van der Waals surface area contributed by atoms with Gasteiger partial charge < -0.3 is 15.2 Å². The van der Waals surface area contributed by atoms with Gasteiger partial charge in [-0.3, -0.25) is 0 Å². The van der Waals surface area contributed by atoms with E-state index in [0.29, 0.717) is 6.61 Å². The summed E-state index contributed by atoms with van der Waals surface area (Å²) in [5.41, 5.74) is 6.26. The van der Waals surface area contributed by atoms with Gasteiger partial charge in [0.25, 0.3) is 0 Å². The van der Waals surface area contributed by atoms with Crippen LogP contribution in [0.3, 0.4) is 0 Å². The molecule has 0 atom stereocenters. The van der Waals surface area contributed by atoms with Crippen molar-refractivity contribution >= 4 is 0 Å². The summed E-state index contributed by atoms with van der Waals surface area (Å²) in [6.07, 6.45) is 0. The molecule has 0 aliphatic heterocycles. The largest absolute Gasteiger partial charge is 0.497 e. The zero-order valence-corrected chi connectivity index (χ0v) is 7.12. The molecule has 0 amide bonds. The minimum atomic E-state index is 0.247. The monoisotopic (exact) mass is 167 g/mol. The SMILES string of the molecule is COc1cccc(COCN)c1. The molecule has 0 aliphatic carbocycles. The van der Waals surface area contributed by atoms with E-state index < -0.39 is 0 Å². The number of rotatable bonds is 4. The predicted octanol–water partition coefficient (Wildman–Crippen LogP) is 1.13. The Labute approximate surface area is 72.1 Å². The molecule has 0 unspecified atom stereocenters. The molecular weight excluding hydrogens is 154 g/mol. The molecule has 0 aliphatic rings. The number of nitrogens with two attached hydrogens (primary N) is 1. The highest BCUT2D eigenvalue weighted by molar-refractivity contribution is 5.27. The van der Waals surface area contributed by atoms with Crippen LogP contribution in [0.4, 0.5) is 0 Å². The Bertz CT molecular complexity index is 238. The molecule has 0 saturated heterocycles. The lowest BCUT2D eigenvalue weighted by Crippen LogP contribution is -2.04. The molecule has 3 heteroatoms. The highest BCUT2D eigenvalue weighted by Gasteiger charge is 1.94. The van der Waals surface area contributed by atoms with Gasteiger partial charge in [0.1, 0.15) is 5.75 Å². The minimum Gasteiger partial charge on any atom is -0.497 e. The summed E-state index contributed by atoms with van der Waals surface area (Å²) in [6, 6.07) is 7.72. The van der Waals surface area contributed by atoms with Crippen LogP contribution in [0.2, 0.25) is 0 Å². The molecule has 0 spiro atoms. The Balaban J connectivity index is 2.60. The van der Waals surface area contributed by atoms with E-state index in [0.717, 1.165) is 11.3 Å². The molecule has 66 valence electrons. The van der Waals surface area contributed by atoms with Gasteiger partial charge >= 0.3 is 0 Å². The van der Waals surface area contributed by atoms with Crippen LogP contribution in [0.25, 0.3) is 0 Å². The summed E-state index contributed by atoms with van der Waals surface area (Å²) in [5.74, 6) is 0.841. The summed E-state index contributed by atoms with van der Waals surface area (Å²) in [5, 5.41) is 0. The highest BCUT2D eigenvalue weighted by atomic mass is 16.5. The third kappa shape index (κ3) is 2.53. The molecule has 0 heterocycles. The molecule has 0 aromatic heterocycles. The number of hydrogen-bond donors (Lipinski definition) is 1. The van der Waals surface area contributed by atoms with Crippen molar-refractivity contribution in [3.05, 3.63) is 29.8 Å². The van der Waals surface area contributed by atoms with Crippen molar-refractivity contribution in [2.75, 3.05) is 13.8 Å². The van der Waals surface area contributed by atoms with Gasteiger partial charge in [-0.05, 0) is 17.7 Å². The van der Waals surface area contributed by atoms with Crippen molar-refractivity contribution in [3.63, 3.8) is 0 Å². The Morgan fingerprint density at radius 3 is 2.92 bits per heavy atom. The first-order chi connectivity index (χ1) is 5.86. The molecular formula is C9H13NO2. The van der Waals surface area contributed by atoms with Crippen LogP contribution in [0.1, 0.15) is 5.56 Å². The molecule has 3 nitrogen and oxygen atoms in total. The zero-order valence-electron chi connectivity index (χ0n) is 7.12. The summed E-state index contributed by atoms with van der Waals surface area (Å²) in [6.45, 7) is 0.783. The van der Waals surface area contributed by atoms with Crippen LogP contribution in [0.15, 0.2) is 24.3 Å². The summed E-state index contributed by atoms with van der Waals surface area (Å²) >= 11 is 0. The predicted molar refractivity (Wildman–Crippen MR) is 46.8 cm³/mol. The van der Waals surface area contributed by atoms with Crippen molar-refractivity contribution in [1.29, 1.82) is 0 Å². The van der Waals surface area contributed by atoms with Crippen molar-refractivity contribution in [2.45, 2.75) is 6.61 Å². The van der Waals surface area contributed by atoms with E-state index in [-0.39, 0.29) is 6.73 Å². The lowest BCUT2D eigenvalue weighted by molar-refractivity contribution is 0.127. The first kappa shape index (κ1) is 9.03. The fourth-order valence-corrected chi connectivity index (χ4v) is 0.939. The Hall–Kier alpha value is -1.06. The van der Waals surface area contributed by atoms with E-state index in [2.05, 4.69) is 0 Å². The smallest absolute Gasteiger partial charge is 0.119 e. The second kappa shape index (κ2) is 4.74. The number of benzene rings is 1. The Morgan fingerprint density at radius 1 is 1.42 bits per heavy atom. The van der Waals surface area contributed by atoms with E-state index in [9.17, 15) is 0 Å². The molecule has 1 rings (SSSR count). The van der Waals surface area contributed by atoms with Gasteiger partial charge in [0.15, 0.2) is 0 Å². The van der Waals surface area contributed by atoms with Gasteiger partial charge in [0, 0.05) is 0 Å². The lowest BCUT2D eigenvalue weighted by Gasteiger charge is -2.03. The third-order valence-electron chi connectivity index (χ3n) is 1.52. The molecule has 12 heavy (non-hydrogen) atoms. The maximum Gasteiger partial charge on any atom is 0.119 e. The first-order valence-corrected chi connectivity index (χ1v) is 3.77. The molecule has 1 aromatic carbocycles. The average Bonchev–Trinajstić information content (AvgIpc) is 2.15. The molecule has 0 fully saturated rings. The molecule has 0 radical (unpaired) electrons. The normalized spacial score (nSPS) is 9.83. The van der Waals surface area contributed by atoms with E-state index >= 15 is 0 Å². The summed E-state index contributed by atoms with van der Waals surface area (Å²) in [7, 11) is 1.64. The second-order valence-corrected chi connectivity index (χ2v) is 2.37. The highest BCUT2D eigenvalue weighted by Crippen LogP contribution is 2.12. The topological polar surface area (TPSA) is 44.5 Å². The molecule has 2 N–H and O–H groups in total. The number of methoxy groups -OCH3 is 1. The maximum absolute atomic E-state index is 5.19. The van der Waals surface area contributed by atoms with Crippen LogP contribution in [-0.4, -0.2) is 13.8 Å². The quantitative estimate of drug-likeness (QED) is 0.683. The van der Waals surface area contributed by atoms with E-state index in [1.54, 1.807) is 7.11 Å². The number of hydrogen-bond acceptors (Lipinski definition) is 3. The second-order valence-electron chi connectivity index (χ2n) is 2.37. The molecule has 0 saturated carbocycles. The van der Waals surface area contributed by atoms with Crippen molar-refractivity contribution in [3.8, 4) is 5.75 Å². The molecule has 1 aromatic rings. The van der Waals surface area contributed by atoms with Crippen LogP contribution in [0.5, 0.6) is 5.75 Å². The van der Waals surface area contributed by atoms with Crippen LogP contribution in [0, 0.1) is 0 Å². The molecule has 0 bridgehead atoms. The fraction of sp³-hybridized carbons (Fsp3) is 0.333. The van der Waals surface area contributed by atoms with Crippen molar-refractivity contribution < 1.29 is 9.47 Å². The fourth-order valence-electron chi connectivity index (χ4n) is 0.939. The van der Waals surface area contributed by atoms with Crippen LogP contribution in [-0.2, 0) is 11.3 Å². The van der Waals surface area contributed by atoms with Crippen LogP contribution >= 0.6 is 0 Å². The zero-order chi connectivity index (χ0) is 8.81. The lowest BCUT2D eigenvalue weighted by atomic mass is 10.2. The Morgan fingerprint density at radius 2 is 2.25 bits per heavy atom. The van der Waals surface area contributed by atoms with Gasteiger partial charge in [-0.1, -0.05) is 12.1 Å². The Kier molecular flexibility index (Phi) is 3.57. The van der Waals surface area contributed by atoms with Crippen LogP contribution < -0.4 is 10.5 Å². The first-order valence-electron chi connectivity index (χ1n) is 3.77. The number of ether oxygens (including phenoxy) is 2. The van der Waals surface area contributed by atoms with Crippen molar-refractivity contribution in [2.24, 2.45) is 5.73 Å². The van der Waals surface area contributed by atoms with E-state index in [4.69, 9.17) is 15.2 Å². The van der Waals surface area contributed by atoms with Crippen molar-refractivity contribution in [1.82, 2.24) is 0 Å². The van der Waals surface area contributed by atoms with Gasteiger partial charge in [-0.15, -0.1) is 0 Å². The summed E-state index contributed by atoms with van der Waals surface area (Å²) < 4.78 is 10.1. The van der Waals surface area contributed by atoms with Gasteiger partial charge in [-0.2, -0.15) is 0 Å².